The lowest BCUT2D eigenvalue weighted by atomic mass is 9.95. The van der Waals surface area contributed by atoms with E-state index in [0.29, 0.717) is 33.3 Å². The minimum absolute atomic E-state index is 0.239. The van der Waals surface area contributed by atoms with Crippen LogP contribution in [0.15, 0.2) is 108 Å². The normalized spacial score (nSPS) is 11.8. The smallest absolute Gasteiger partial charge is 0.255 e. The molecule has 0 fully saturated rings. The molecule has 8 aromatic rings. The maximum atomic E-state index is 13.9. The van der Waals surface area contributed by atoms with E-state index in [1.165, 1.54) is 42.7 Å². The maximum Gasteiger partial charge on any atom is 0.255 e. The number of sulfonamides is 1. The van der Waals surface area contributed by atoms with Crippen LogP contribution < -0.4 is 9.62 Å². The first-order chi connectivity index (χ1) is 24.1. The number of hydrogen-bond donors (Lipinski definition) is 1. The number of rotatable bonds is 7. The maximum absolute atomic E-state index is 13.9. The van der Waals surface area contributed by atoms with Gasteiger partial charge in [0.2, 0.25) is 10.0 Å². The minimum Gasteiger partial charge on any atom is -0.455 e. The molecule has 12 heteroatoms. The number of thiazole rings is 2. The van der Waals surface area contributed by atoms with Gasteiger partial charge in [-0.1, -0.05) is 24.3 Å². The van der Waals surface area contributed by atoms with Gasteiger partial charge in [-0.05, 0) is 78.4 Å². The molecule has 0 aliphatic carbocycles. The van der Waals surface area contributed by atoms with Crippen molar-refractivity contribution in [1.29, 1.82) is 0 Å². The molecule has 0 radical (unpaired) electrons. The molecule has 8 rings (SSSR count). The van der Waals surface area contributed by atoms with E-state index >= 15 is 0 Å². The largest absolute Gasteiger partial charge is 0.455 e. The molecule has 0 saturated carbocycles. The molecular weight excluding hydrogens is 692 g/mol. The lowest BCUT2D eigenvalue weighted by Crippen LogP contribution is -2.25. The van der Waals surface area contributed by atoms with Crippen LogP contribution in [0.2, 0.25) is 0 Å². The summed E-state index contributed by atoms with van der Waals surface area (Å²) < 4.78 is 49.6. The van der Waals surface area contributed by atoms with Crippen LogP contribution in [0.25, 0.3) is 75.0 Å². The van der Waals surface area contributed by atoms with E-state index in [4.69, 9.17) is 14.4 Å². The van der Waals surface area contributed by atoms with E-state index in [9.17, 15) is 17.6 Å². The monoisotopic (exact) mass is 718 g/mol. The van der Waals surface area contributed by atoms with Gasteiger partial charge in [-0.3, -0.25) is 9.10 Å². The molecule has 1 N–H and O–H groups in total. The van der Waals surface area contributed by atoms with Gasteiger partial charge < -0.3 is 9.73 Å². The lowest BCUT2D eigenvalue weighted by Gasteiger charge is -2.21. The van der Waals surface area contributed by atoms with Crippen molar-refractivity contribution >= 4 is 75.7 Å². The van der Waals surface area contributed by atoms with Crippen LogP contribution in [0.4, 0.5) is 10.1 Å². The Morgan fingerprint density at radius 1 is 0.780 bits per heavy atom. The number of carbonyl (C=O) groups is 1. The number of carbonyl (C=O) groups excluding carboxylic acids is 1. The van der Waals surface area contributed by atoms with Crippen LogP contribution in [0.3, 0.4) is 0 Å². The number of benzene rings is 5. The number of halogens is 1. The third-order valence-corrected chi connectivity index (χ3v) is 11.9. The average Bonchev–Trinajstić information content (AvgIpc) is 3.85. The van der Waals surface area contributed by atoms with Crippen LogP contribution in [-0.2, 0) is 10.0 Å². The van der Waals surface area contributed by atoms with Crippen molar-refractivity contribution in [3.63, 3.8) is 0 Å². The molecule has 248 valence electrons. The average molecular weight is 719 g/mol. The molecule has 0 aliphatic heterocycles. The first-order valence-corrected chi connectivity index (χ1v) is 19.0. The highest BCUT2D eigenvalue weighted by molar-refractivity contribution is 7.92. The number of nitrogens with zero attached hydrogens (tertiary/aromatic N) is 3. The summed E-state index contributed by atoms with van der Waals surface area (Å²) in [5.74, 6) is -0.595. The number of furan rings is 1. The number of fused-ring (bicyclic) bond motifs is 3. The molecular formula is C38H27FN4O4S3. The van der Waals surface area contributed by atoms with E-state index in [1.54, 1.807) is 34.8 Å². The van der Waals surface area contributed by atoms with E-state index < -0.39 is 21.7 Å². The van der Waals surface area contributed by atoms with Crippen LogP contribution in [0, 0.1) is 5.82 Å². The zero-order valence-corrected chi connectivity index (χ0v) is 29.3. The summed E-state index contributed by atoms with van der Waals surface area (Å²) in [5, 5.41) is 4.75. The predicted octanol–water partition coefficient (Wildman–Crippen LogP) is 9.21. The Balaban J connectivity index is 1.43. The van der Waals surface area contributed by atoms with Gasteiger partial charge in [0, 0.05) is 47.8 Å². The fraction of sp³-hybridized carbons (Fsp3) is 0.0789. The van der Waals surface area contributed by atoms with E-state index in [1.807, 2.05) is 60.7 Å². The molecule has 0 atom stereocenters. The molecule has 3 heterocycles. The Kier molecular flexibility index (Phi) is 7.74. The van der Waals surface area contributed by atoms with Gasteiger partial charge in [0.1, 0.15) is 27.2 Å². The molecule has 0 aliphatic rings. The second kappa shape index (κ2) is 12.2. The van der Waals surface area contributed by atoms with Crippen LogP contribution >= 0.6 is 22.7 Å². The minimum atomic E-state index is -3.75. The van der Waals surface area contributed by atoms with Crippen LogP contribution in [0.5, 0.6) is 0 Å². The summed E-state index contributed by atoms with van der Waals surface area (Å²) in [4.78, 5) is 23.3. The zero-order valence-electron chi connectivity index (χ0n) is 26.9. The molecule has 1 amide bonds. The lowest BCUT2D eigenvalue weighted by molar-refractivity contribution is 0.0964. The second-order valence-corrected chi connectivity index (χ2v) is 15.8. The zero-order chi connectivity index (χ0) is 34.7. The summed E-state index contributed by atoms with van der Waals surface area (Å²) in [7, 11) is -0.742. The Hall–Kier alpha value is -5.43. The SMILES string of the molecule is CNC(=O)c1c(-c2ccc(F)cc2)oc2cc(N(C)S(C)(=O)=O)c(-c3cc(-c4nc5ccccc5s4)cc(-c4nc5ccccc5s4)c3)cc12. The molecule has 50 heavy (non-hydrogen) atoms. The van der Waals surface area contributed by atoms with Gasteiger partial charge in [-0.15, -0.1) is 22.7 Å². The van der Waals surface area contributed by atoms with Crippen molar-refractivity contribution in [3.05, 3.63) is 115 Å². The predicted molar refractivity (Wildman–Crippen MR) is 201 cm³/mol. The van der Waals surface area contributed by atoms with E-state index in [-0.39, 0.29) is 11.3 Å². The summed E-state index contributed by atoms with van der Waals surface area (Å²) >= 11 is 3.13. The summed E-state index contributed by atoms with van der Waals surface area (Å²) in [5.41, 5.74) is 6.04. The van der Waals surface area contributed by atoms with E-state index in [0.717, 1.165) is 47.8 Å². The van der Waals surface area contributed by atoms with Gasteiger partial charge >= 0.3 is 0 Å². The Labute approximate surface area is 294 Å². The molecule has 0 spiro atoms. The highest BCUT2D eigenvalue weighted by Crippen LogP contribution is 2.44. The third kappa shape index (κ3) is 5.60. The quantitative estimate of drug-likeness (QED) is 0.176. The first-order valence-electron chi connectivity index (χ1n) is 15.5. The first kappa shape index (κ1) is 31.8. The molecule has 3 aromatic heterocycles. The molecule has 0 saturated heterocycles. The fourth-order valence-electron chi connectivity index (χ4n) is 5.98. The summed E-state index contributed by atoms with van der Waals surface area (Å²) in [6, 6.07) is 30.9. The van der Waals surface area contributed by atoms with Crippen molar-refractivity contribution < 1.29 is 22.0 Å². The molecule has 0 unspecified atom stereocenters. The molecule has 0 bridgehead atoms. The van der Waals surface area contributed by atoms with Gasteiger partial charge in [0.25, 0.3) is 5.91 Å². The van der Waals surface area contributed by atoms with Crippen LogP contribution in [0.1, 0.15) is 10.4 Å². The highest BCUT2D eigenvalue weighted by Gasteiger charge is 2.27. The Bertz CT molecular complexity index is 2570. The van der Waals surface area contributed by atoms with Crippen molar-refractivity contribution in [3.8, 4) is 43.6 Å². The Morgan fingerprint density at radius 2 is 1.34 bits per heavy atom. The number of anilines is 1. The van der Waals surface area contributed by atoms with Crippen molar-refractivity contribution in [1.82, 2.24) is 15.3 Å². The van der Waals surface area contributed by atoms with Crippen molar-refractivity contribution in [2.24, 2.45) is 0 Å². The number of nitrogens with one attached hydrogen (secondary N) is 1. The number of aromatic nitrogens is 2. The molecule has 8 nitrogen and oxygen atoms in total. The summed E-state index contributed by atoms with van der Waals surface area (Å²) in [6.07, 6.45) is 1.13. The van der Waals surface area contributed by atoms with Gasteiger partial charge in [-0.25, -0.2) is 22.8 Å². The second-order valence-electron chi connectivity index (χ2n) is 11.8. The number of para-hydroxylation sites is 2. The summed E-state index contributed by atoms with van der Waals surface area (Å²) in [6.45, 7) is 0. The van der Waals surface area contributed by atoms with E-state index in [2.05, 4.69) is 11.4 Å². The van der Waals surface area contributed by atoms with Gasteiger partial charge in [0.05, 0.1) is 37.9 Å². The highest BCUT2D eigenvalue weighted by atomic mass is 32.2. The van der Waals surface area contributed by atoms with Crippen LogP contribution in [-0.4, -0.2) is 44.6 Å². The van der Waals surface area contributed by atoms with Crippen molar-refractivity contribution in [2.45, 2.75) is 0 Å². The Morgan fingerprint density at radius 3 is 1.88 bits per heavy atom. The van der Waals surface area contributed by atoms with Gasteiger partial charge in [-0.2, -0.15) is 0 Å². The molecule has 5 aromatic carbocycles. The third-order valence-electron chi connectivity index (χ3n) is 8.53. The topological polar surface area (TPSA) is 105 Å². The fourth-order valence-corrected chi connectivity index (χ4v) is 8.39. The van der Waals surface area contributed by atoms with Crippen molar-refractivity contribution in [2.75, 3.05) is 24.7 Å². The number of amides is 1. The van der Waals surface area contributed by atoms with Gasteiger partial charge in [0.15, 0.2) is 0 Å². The standard InChI is InChI=1S/C38H27FN4O4S3/c1-40-36(44)34-27-19-26(30(43(2)50(3,45)46)20-31(27)47-35(34)21-12-14-25(39)15-13-21)22-16-23(37-41-28-8-4-6-10-32(28)48-37)18-24(17-22)38-42-29-9-5-7-11-33(29)49-38/h4-20H,1-3H3,(H,40,44). The number of hydrogen-bond acceptors (Lipinski definition) is 8.